The van der Waals surface area contributed by atoms with E-state index in [2.05, 4.69) is 27.6 Å². The van der Waals surface area contributed by atoms with Gasteiger partial charge < -0.3 is 10.1 Å². The predicted molar refractivity (Wildman–Crippen MR) is 112 cm³/mol. The molecular weight excluding hydrogens is 374 g/mol. The number of carbonyl (C=O) groups is 1. The van der Waals surface area contributed by atoms with Crippen molar-refractivity contribution in [3.8, 4) is 17.0 Å². The Kier molecular flexibility index (Phi) is 6.71. The number of aryl methyl sites for hydroxylation is 1. The topological polar surface area (TPSA) is 67.0 Å². The first kappa shape index (κ1) is 20.0. The minimum atomic E-state index is -0.158. The van der Waals surface area contributed by atoms with E-state index in [-0.39, 0.29) is 11.9 Å². The molecule has 0 bridgehead atoms. The third-order valence-corrected chi connectivity index (χ3v) is 4.79. The van der Waals surface area contributed by atoms with Crippen molar-refractivity contribution in [2.75, 3.05) is 6.61 Å². The summed E-state index contributed by atoms with van der Waals surface area (Å²) in [7, 11) is 0. The smallest absolute Gasteiger partial charge is 0.255 e. The zero-order valence-corrected chi connectivity index (χ0v) is 16.8. The number of H-pyrrole nitrogens is 1. The van der Waals surface area contributed by atoms with Gasteiger partial charge in [0, 0.05) is 11.6 Å². The van der Waals surface area contributed by atoms with E-state index in [0.717, 1.165) is 18.4 Å². The van der Waals surface area contributed by atoms with Gasteiger partial charge in [-0.15, -0.1) is 0 Å². The van der Waals surface area contributed by atoms with E-state index in [0.29, 0.717) is 28.6 Å². The molecule has 6 heteroatoms. The molecule has 0 fully saturated rings. The van der Waals surface area contributed by atoms with Gasteiger partial charge in [0.05, 0.1) is 29.1 Å². The fourth-order valence-corrected chi connectivity index (χ4v) is 3.24. The maximum atomic E-state index is 12.7. The van der Waals surface area contributed by atoms with Crippen LogP contribution in [-0.2, 0) is 6.42 Å². The Bertz CT molecular complexity index is 925. The van der Waals surface area contributed by atoms with Crippen molar-refractivity contribution in [1.82, 2.24) is 15.5 Å². The normalized spacial score (nSPS) is 11.8. The third-order valence-electron chi connectivity index (χ3n) is 4.49. The van der Waals surface area contributed by atoms with E-state index in [4.69, 9.17) is 16.3 Å². The van der Waals surface area contributed by atoms with Crippen molar-refractivity contribution in [3.63, 3.8) is 0 Å². The second-order valence-electron chi connectivity index (χ2n) is 6.64. The van der Waals surface area contributed by atoms with E-state index in [1.54, 1.807) is 18.3 Å². The Morgan fingerprint density at radius 1 is 1.25 bits per heavy atom. The lowest BCUT2D eigenvalue weighted by Gasteiger charge is -2.14. The minimum absolute atomic E-state index is 0.0411. The van der Waals surface area contributed by atoms with Gasteiger partial charge in [0.2, 0.25) is 0 Å². The SMILES string of the molecule is CCOc1ccc(-c2[nH]ncc2C(=O)N[C@H](C)CCc2ccccc2)cc1Cl. The van der Waals surface area contributed by atoms with Crippen molar-refractivity contribution in [3.05, 3.63) is 70.9 Å². The molecule has 1 atom stereocenters. The molecule has 3 aromatic rings. The van der Waals surface area contributed by atoms with Crippen LogP contribution in [0.2, 0.25) is 5.02 Å². The molecule has 1 heterocycles. The van der Waals surface area contributed by atoms with E-state index in [1.807, 2.05) is 38.1 Å². The minimum Gasteiger partial charge on any atom is -0.492 e. The summed E-state index contributed by atoms with van der Waals surface area (Å²) in [5.74, 6) is 0.460. The number of carbonyl (C=O) groups excluding carboxylic acids is 1. The summed E-state index contributed by atoms with van der Waals surface area (Å²) in [5.41, 5.74) is 3.18. The fourth-order valence-electron chi connectivity index (χ4n) is 3.01. The van der Waals surface area contributed by atoms with Gasteiger partial charge in [-0.2, -0.15) is 5.10 Å². The number of amides is 1. The van der Waals surface area contributed by atoms with Gasteiger partial charge in [0.15, 0.2) is 0 Å². The van der Waals surface area contributed by atoms with E-state index in [1.165, 1.54) is 5.56 Å². The van der Waals surface area contributed by atoms with Crippen LogP contribution in [0.4, 0.5) is 0 Å². The van der Waals surface area contributed by atoms with Crippen molar-refractivity contribution in [1.29, 1.82) is 0 Å². The zero-order chi connectivity index (χ0) is 19.9. The molecule has 146 valence electrons. The molecule has 0 unspecified atom stereocenters. The van der Waals surface area contributed by atoms with Gasteiger partial charge in [-0.25, -0.2) is 0 Å². The summed E-state index contributed by atoms with van der Waals surface area (Å²) in [6.07, 6.45) is 3.31. The summed E-state index contributed by atoms with van der Waals surface area (Å²) in [6.45, 7) is 4.45. The second-order valence-corrected chi connectivity index (χ2v) is 7.04. The molecule has 0 saturated carbocycles. The zero-order valence-electron chi connectivity index (χ0n) is 16.0. The molecule has 0 aliphatic carbocycles. The summed E-state index contributed by atoms with van der Waals surface area (Å²) >= 11 is 6.28. The van der Waals surface area contributed by atoms with E-state index < -0.39 is 0 Å². The van der Waals surface area contributed by atoms with Gasteiger partial charge in [0.1, 0.15) is 5.75 Å². The van der Waals surface area contributed by atoms with Gasteiger partial charge in [-0.1, -0.05) is 41.9 Å². The first-order valence-electron chi connectivity index (χ1n) is 9.39. The lowest BCUT2D eigenvalue weighted by Crippen LogP contribution is -2.33. The maximum absolute atomic E-state index is 12.7. The highest BCUT2D eigenvalue weighted by Crippen LogP contribution is 2.31. The van der Waals surface area contributed by atoms with Gasteiger partial charge in [0.25, 0.3) is 5.91 Å². The number of aromatic amines is 1. The molecule has 3 rings (SSSR count). The molecule has 2 aromatic carbocycles. The number of nitrogens with zero attached hydrogens (tertiary/aromatic N) is 1. The standard InChI is InChI=1S/C22H24ClN3O2/c1-3-28-20-12-11-17(13-19(20)23)21-18(14-24-26-21)22(27)25-15(2)9-10-16-7-5-4-6-8-16/h4-8,11-15H,3,9-10H2,1-2H3,(H,24,26)(H,25,27)/t15-/m1/s1. The highest BCUT2D eigenvalue weighted by Gasteiger charge is 2.18. The number of aromatic nitrogens is 2. The van der Waals surface area contributed by atoms with Crippen LogP contribution >= 0.6 is 11.6 Å². The molecule has 0 aliphatic heterocycles. The molecule has 1 amide bonds. The number of halogens is 1. The highest BCUT2D eigenvalue weighted by molar-refractivity contribution is 6.32. The summed E-state index contributed by atoms with van der Waals surface area (Å²) in [5, 5.41) is 10.5. The molecule has 28 heavy (non-hydrogen) atoms. The number of benzene rings is 2. The van der Waals surface area contributed by atoms with E-state index in [9.17, 15) is 4.79 Å². The van der Waals surface area contributed by atoms with E-state index >= 15 is 0 Å². The molecular formula is C22H24ClN3O2. The number of ether oxygens (including phenoxy) is 1. The highest BCUT2D eigenvalue weighted by atomic mass is 35.5. The Morgan fingerprint density at radius 3 is 2.75 bits per heavy atom. The van der Waals surface area contributed by atoms with Gasteiger partial charge in [-0.05, 0) is 50.5 Å². The Hall–Kier alpha value is -2.79. The number of hydrogen-bond acceptors (Lipinski definition) is 3. The van der Waals surface area contributed by atoms with Crippen LogP contribution in [0.5, 0.6) is 5.75 Å². The summed E-state index contributed by atoms with van der Waals surface area (Å²) < 4.78 is 5.47. The number of rotatable bonds is 8. The van der Waals surface area contributed by atoms with Crippen LogP contribution in [0.25, 0.3) is 11.3 Å². The lowest BCUT2D eigenvalue weighted by molar-refractivity contribution is 0.0939. The molecule has 2 N–H and O–H groups in total. The molecule has 0 spiro atoms. The largest absolute Gasteiger partial charge is 0.492 e. The monoisotopic (exact) mass is 397 g/mol. The van der Waals surface area contributed by atoms with Crippen LogP contribution in [0.15, 0.2) is 54.7 Å². The molecule has 1 aromatic heterocycles. The van der Waals surface area contributed by atoms with Crippen molar-refractivity contribution in [2.24, 2.45) is 0 Å². The Balaban J connectivity index is 1.67. The first-order valence-corrected chi connectivity index (χ1v) is 9.77. The quantitative estimate of drug-likeness (QED) is 0.569. The van der Waals surface area contributed by atoms with Crippen LogP contribution < -0.4 is 10.1 Å². The maximum Gasteiger partial charge on any atom is 0.255 e. The van der Waals surface area contributed by atoms with Gasteiger partial charge in [-0.3, -0.25) is 9.89 Å². The molecule has 0 saturated heterocycles. The van der Waals surface area contributed by atoms with Gasteiger partial charge >= 0.3 is 0 Å². The summed E-state index contributed by atoms with van der Waals surface area (Å²) in [6, 6.07) is 15.7. The van der Waals surface area contributed by atoms with Crippen LogP contribution in [0, 0.1) is 0 Å². The van der Waals surface area contributed by atoms with Crippen molar-refractivity contribution >= 4 is 17.5 Å². The number of hydrogen-bond donors (Lipinski definition) is 2. The van der Waals surface area contributed by atoms with Crippen LogP contribution in [0.3, 0.4) is 0 Å². The predicted octanol–water partition coefficient (Wildman–Crippen LogP) is 4.88. The Morgan fingerprint density at radius 2 is 2.04 bits per heavy atom. The third kappa shape index (κ3) is 4.93. The second kappa shape index (κ2) is 9.42. The average molecular weight is 398 g/mol. The molecule has 0 radical (unpaired) electrons. The lowest BCUT2D eigenvalue weighted by atomic mass is 10.0. The fraction of sp³-hybridized carbons (Fsp3) is 0.273. The van der Waals surface area contributed by atoms with Crippen molar-refractivity contribution in [2.45, 2.75) is 32.7 Å². The van der Waals surface area contributed by atoms with Crippen molar-refractivity contribution < 1.29 is 9.53 Å². The molecule has 5 nitrogen and oxygen atoms in total. The average Bonchev–Trinajstić information content (AvgIpc) is 3.19. The van der Waals surface area contributed by atoms with Crippen LogP contribution in [-0.4, -0.2) is 28.8 Å². The number of nitrogens with one attached hydrogen (secondary N) is 2. The first-order chi connectivity index (χ1) is 13.6. The Labute approximate surface area is 170 Å². The van der Waals surface area contributed by atoms with Crippen LogP contribution in [0.1, 0.15) is 36.2 Å². The summed E-state index contributed by atoms with van der Waals surface area (Å²) in [4.78, 5) is 12.7. The molecule has 0 aliphatic rings.